The van der Waals surface area contributed by atoms with Gasteiger partial charge in [0.05, 0.1) is 25.9 Å². The number of aliphatic hydroxyl groups excluding tert-OH is 1. The van der Waals surface area contributed by atoms with Crippen LogP contribution < -0.4 is 0 Å². The van der Waals surface area contributed by atoms with Crippen LogP contribution in [0, 0.1) is 5.41 Å². The number of aliphatic hydroxyl groups is 1. The lowest BCUT2D eigenvalue weighted by Crippen LogP contribution is -2.36. The molecule has 1 N–H and O–H groups in total. The fourth-order valence-corrected chi connectivity index (χ4v) is 1.81. The zero-order valence-corrected chi connectivity index (χ0v) is 11.0. The number of rotatable bonds is 5. The SMILES string of the molecule is CC1(C)COC(/C=C/C=C/C[C@H]2O[C@@H]2CO)OC1. The quantitative estimate of drug-likeness (QED) is 0.598. The Hall–Kier alpha value is -0.680. The van der Waals surface area contributed by atoms with Gasteiger partial charge in [-0.15, -0.1) is 0 Å². The first kappa shape index (κ1) is 13.7. The molecular formula is C14H22O4. The van der Waals surface area contributed by atoms with Crippen molar-refractivity contribution < 1.29 is 19.3 Å². The van der Waals surface area contributed by atoms with Crippen molar-refractivity contribution in [1.29, 1.82) is 0 Å². The van der Waals surface area contributed by atoms with E-state index < -0.39 is 0 Å². The van der Waals surface area contributed by atoms with Crippen molar-refractivity contribution in [3.8, 4) is 0 Å². The minimum absolute atomic E-state index is 0.0471. The monoisotopic (exact) mass is 254 g/mol. The van der Waals surface area contributed by atoms with E-state index in [2.05, 4.69) is 13.8 Å². The lowest BCUT2D eigenvalue weighted by Gasteiger charge is -2.33. The molecule has 0 saturated carbocycles. The van der Waals surface area contributed by atoms with E-state index in [-0.39, 0.29) is 30.5 Å². The second-order valence-corrected chi connectivity index (χ2v) is 5.60. The van der Waals surface area contributed by atoms with Crippen molar-refractivity contribution in [3.63, 3.8) is 0 Å². The van der Waals surface area contributed by atoms with Crippen LogP contribution in [0.15, 0.2) is 24.3 Å². The molecule has 18 heavy (non-hydrogen) atoms. The summed E-state index contributed by atoms with van der Waals surface area (Å²) in [7, 11) is 0. The fraction of sp³-hybridized carbons (Fsp3) is 0.714. The first-order valence-electron chi connectivity index (χ1n) is 6.43. The summed E-state index contributed by atoms with van der Waals surface area (Å²) >= 11 is 0. The summed E-state index contributed by atoms with van der Waals surface area (Å²) in [6, 6.07) is 0. The highest BCUT2D eigenvalue weighted by atomic mass is 16.7. The third kappa shape index (κ3) is 4.21. The molecule has 0 amide bonds. The predicted molar refractivity (Wildman–Crippen MR) is 68.1 cm³/mol. The van der Waals surface area contributed by atoms with Gasteiger partial charge in [0.25, 0.3) is 0 Å². The average Bonchev–Trinajstić information content (AvgIpc) is 3.09. The first-order valence-corrected chi connectivity index (χ1v) is 6.43. The molecule has 0 aliphatic carbocycles. The van der Waals surface area contributed by atoms with E-state index in [1.54, 1.807) is 0 Å². The van der Waals surface area contributed by atoms with Gasteiger partial charge < -0.3 is 19.3 Å². The highest BCUT2D eigenvalue weighted by Crippen LogP contribution is 2.25. The van der Waals surface area contributed by atoms with E-state index in [4.69, 9.17) is 19.3 Å². The highest BCUT2D eigenvalue weighted by molar-refractivity contribution is 5.06. The third-order valence-corrected chi connectivity index (χ3v) is 3.03. The van der Waals surface area contributed by atoms with Crippen LogP contribution in [0.4, 0.5) is 0 Å². The van der Waals surface area contributed by atoms with Gasteiger partial charge >= 0.3 is 0 Å². The van der Waals surface area contributed by atoms with Crippen molar-refractivity contribution in [3.05, 3.63) is 24.3 Å². The Morgan fingerprint density at radius 2 is 1.89 bits per heavy atom. The van der Waals surface area contributed by atoms with Crippen LogP contribution >= 0.6 is 0 Å². The van der Waals surface area contributed by atoms with Crippen molar-refractivity contribution in [2.24, 2.45) is 5.41 Å². The number of allylic oxidation sites excluding steroid dienone is 2. The maximum atomic E-state index is 8.80. The van der Waals surface area contributed by atoms with E-state index >= 15 is 0 Å². The Balaban J connectivity index is 1.61. The van der Waals surface area contributed by atoms with Crippen molar-refractivity contribution in [1.82, 2.24) is 0 Å². The lowest BCUT2D eigenvalue weighted by molar-refractivity contribution is -0.197. The van der Waals surface area contributed by atoms with E-state index in [9.17, 15) is 0 Å². The van der Waals surface area contributed by atoms with E-state index in [1.165, 1.54) is 0 Å². The van der Waals surface area contributed by atoms with E-state index in [0.717, 1.165) is 19.6 Å². The minimum Gasteiger partial charge on any atom is -0.394 e. The van der Waals surface area contributed by atoms with Gasteiger partial charge in [-0.1, -0.05) is 32.1 Å². The zero-order valence-electron chi connectivity index (χ0n) is 11.0. The van der Waals surface area contributed by atoms with Gasteiger partial charge in [-0.2, -0.15) is 0 Å². The molecule has 0 spiro atoms. The maximum Gasteiger partial charge on any atom is 0.177 e. The molecule has 0 bridgehead atoms. The highest BCUT2D eigenvalue weighted by Gasteiger charge is 2.36. The van der Waals surface area contributed by atoms with Gasteiger partial charge in [0, 0.05) is 5.41 Å². The Bertz CT molecular complexity index is 312. The number of hydrogen-bond acceptors (Lipinski definition) is 4. The largest absolute Gasteiger partial charge is 0.394 e. The smallest absolute Gasteiger partial charge is 0.177 e. The number of epoxide rings is 1. The summed E-state index contributed by atoms with van der Waals surface area (Å²) in [6.07, 6.45) is 8.68. The third-order valence-electron chi connectivity index (χ3n) is 3.03. The summed E-state index contributed by atoms with van der Waals surface area (Å²) in [6.45, 7) is 5.81. The minimum atomic E-state index is -0.231. The van der Waals surface area contributed by atoms with Crippen LogP contribution in [0.5, 0.6) is 0 Å². The predicted octanol–water partition coefficient (Wildman–Crippen LogP) is 1.65. The molecule has 0 unspecified atom stereocenters. The van der Waals surface area contributed by atoms with Gasteiger partial charge in [-0.25, -0.2) is 0 Å². The van der Waals surface area contributed by atoms with Crippen LogP contribution in [-0.4, -0.2) is 43.4 Å². The van der Waals surface area contributed by atoms with E-state index in [1.807, 2.05) is 24.3 Å². The second-order valence-electron chi connectivity index (χ2n) is 5.60. The van der Waals surface area contributed by atoms with E-state index in [0.29, 0.717) is 0 Å². The normalized spacial score (nSPS) is 32.4. The first-order chi connectivity index (χ1) is 8.61. The topological polar surface area (TPSA) is 51.2 Å². The summed E-state index contributed by atoms with van der Waals surface area (Å²) in [5, 5.41) is 8.80. The van der Waals surface area contributed by atoms with Crippen LogP contribution in [0.2, 0.25) is 0 Å². The van der Waals surface area contributed by atoms with Gasteiger partial charge in [0.15, 0.2) is 6.29 Å². The molecular weight excluding hydrogens is 232 g/mol. The fourth-order valence-electron chi connectivity index (χ4n) is 1.81. The van der Waals surface area contributed by atoms with Crippen LogP contribution in [0.3, 0.4) is 0 Å². The Morgan fingerprint density at radius 3 is 2.50 bits per heavy atom. The molecule has 4 heteroatoms. The number of ether oxygens (including phenoxy) is 3. The molecule has 0 aromatic heterocycles. The molecule has 0 aromatic carbocycles. The zero-order chi connectivity index (χ0) is 13.0. The molecule has 2 aliphatic rings. The van der Waals surface area contributed by atoms with Gasteiger partial charge in [0.2, 0.25) is 0 Å². The van der Waals surface area contributed by atoms with Crippen molar-refractivity contribution in [2.75, 3.05) is 19.8 Å². The lowest BCUT2D eigenvalue weighted by atomic mass is 9.96. The van der Waals surface area contributed by atoms with Gasteiger partial charge in [-0.3, -0.25) is 0 Å². The van der Waals surface area contributed by atoms with Gasteiger partial charge in [0.1, 0.15) is 6.10 Å². The molecule has 0 aromatic rings. The average molecular weight is 254 g/mol. The molecule has 4 nitrogen and oxygen atoms in total. The van der Waals surface area contributed by atoms with Crippen LogP contribution in [0.25, 0.3) is 0 Å². The molecule has 2 atom stereocenters. The Labute approximate surface area is 108 Å². The molecule has 0 radical (unpaired) electrons. The second kappa shape index (κ2) is 5.97. The summed E-state index contributed by atoms with van der Waals surface area (Å²) < 4.78 is 16.3. The standard InChI is InChI=1S/C14H22O4/c1-14(2)9-16-13(17-10-14)7-5-3-4-6-11-12(8-15)18-11/h3-5,7,11-13,15H,6,8-10H2,1-2H3/b4-3+,7-5+/t11-,12-/m1/s1. The Morgan fingerprint density at radius 1 is 1.17 bits per heavy atom. The van der Waals surface area contributed by atoms with Crippen molar-refractivity contribution >= 4 is 0 Å². The summed E-state index contributed by atoms with van der Waals surface area (Å²) in [4.78, 5) is 0. The summed E-state index contributed by atoms with van der Waals surface area (Å²) in [5.41, 5.74) is 0.114. The molecule has 2 saturated heterocycles. The molecule has 2 aliphatic heterocycles. The van der Waals surface area contributed by atoms with Crippen LogP contribution in [0.1, 0.15) is 20.3 Å². The molecule has 2 rings (SSSR count). The molecule has 2 heterocycles. The Kier molecular flexibility index (Phi) is 4.56. The van der Waals surface area contributed by atoms with Gasteiger partial charge in [-0.05, 0) is 12.5 Å². The van der Waals surface area contributed by atoms with Crippen LogP contribution in [-0.2, 0) is 14.2 Å². The molecule has 102 valence electrons. The summed E-state index contributed by atoms with van der Waals surface area (Å²) in [5.74, 6) is 0. The number of hydrogen-bond donors (Lipinski definition) is 1. The maximum absolute atomic E-state index is 8.80. The van der Waals surface area contributed by atoms with Crippen molar-refractivity contribution in [2.45, 2.75) is 38.8 Å². The molecule has 2 fully saturated rings.